The molecule has 0 spiro atoms. The zero-order valence-electron chi connectivity index (χ0n) is 15.5. The molecular formula is C19H18N6O3S. The van der Waals surface area contributed by atoms with Crippen LogP contribution in [0.5, 0.6) is 0 Å². The van der Waals surface area contributed by atoms with Crippen molar-refractivity contribution in [2.45, 2.75) is 41.5 Å². The lowest BCUT2D eigenvalue weighted by Crippen LogP contribution is -2.55. The first-order valence-electron chi connectivity index (χ1n) is 8.85. The molecule has 3 rings (SSSR count). The number of carbonyl (C=O) groups is 1. The lowest BCUT2D eigenvalue weighted by molar-refractivity contribution is -0.0863. The molecule has 9 nitrogen and oxygen atoms in total. The summed E-state index contributed by atoms with van der Waals surface area (Å²) in [5.74, 6) is -0.593. The Bertz CT molecular complexity index is 931. The van der Waals surface area contributed by atoms with Crippen molar-refractivity contribution in [3.63, 3.8) is 0 Å². The first-order chi connectivity index (χ1) is 14.1. The number of hydrogen-bond donors (Lipinski definition) is 0. The second kappa shape index (κ2) is 9.86. The van der Waals surface area contributed by atoms with E-state index in [0.717, 1.165) is 4.90 Å². The van der Waals surface area contributed by atoms with Crippen LogP contribution in [0.15, 0.2) is 75.8 Å². The summed E-state index contributed by atoms with van der Waals surface area (Å²) >= 11 is 1.35. The Hall–Kier alpha value is -3.16. The fourth-order valence-electron chi connectivity index (χ4n) is 3.03. The van der Waals surface area contributed by atoms with Gasteiger partial charge >= 0.3 is 5.97 Å². The zero-order chi connectivity index (χ0) is 20.6. The van der Waals surface area contributed by atoms with Crippen molar-refractivity contribution in [1.29, 1.82) is 0 Å². The predicted octanol–water partition coefficient (Wildman–Crippen LogP) is 5.11. The SMILES string of the molecule is C[C@@H]1O[C@H](Sc2ccccc2)[C@@H](N=[N+]=[N-])[C@H](OC(=O)c2ccccc2)[C@@H]1N=[N+]=[N-]. The molecule has 0 aliphatic carbocycles. The summed E-state index contributed by atoms with van der Waals surface area (Å²) in [5, 5.41) is 7.58. The molecule has 1 fully saturated rings. The van der Waals surface area contributed by atoms with E-state index in [0.29, 0.717) is 5.56 Å². The molecule has 0 bridgehead atoms. The molecule has 0 saturated carbocycles. The first-order valence-corrected chi connectivity index (χ1v) is 9.73. The number of ether oxygens (including phenoxy) is 2. The number of nitrogens with zero attached hydrogens (tertiary/aromatic N) is 6. The summed E-state index contributed by atoms with van der Waals surface area (Å²) in [6.07, 6.45) is -1.52. The van der Waals surface area contributed by atoms with Crippen LogP contribution < -0.4 is 0 Å². The van der Waals surface area contributed by atoms with Crippen molar-refractivity contribution >= 4 is 17.7 Å². The highest BCUT2D eigenvalue weighted by Crippen LogP contribution is 2.37. The highest BCUT2D eigenvalue weighted by atomic mass is 32.2. The standard InChI is InChI=1S/C19H18N6O3S/c1-12-15(22-24-20)17(28-18(26)13-8-4-2-5-9-13)16(23-25-21)19(27-12)29-14-10-6-3-7-11-14/h2-12,15-17,19H,1H3/t12-,15+,16-,17+,19+/m0/s1. The Morgan fingerprint density at radius 1 is 1.00 bits per heavy atom. The molecule has 5 atom stereocenters. The average molecular weight is 410 g/mol. The van der Waals surface area contributed by atoms with E-state index in [2.05, 4.69) is 20.1 Å². The van der Waals surface area contributed by atoms with Crippen molar-refractivity contribution in [2.75, 3.05) is 0 Å². The van der Waals surface area contributed by atoms with Gasteiger partial charge in [0, 0.05) is 14.7 Å². The molecule has 0 N–H and O–H groups in total. The third-order valence-corrected chi connectivity index (χ3v) is 5.57. The Kier molecular flexibility index (Phi) is 6.99. The van der Waals surface area contributed by atoms with Gasteiger partial charge in [0.2, 0.25) is 0 Å². The quantitative estimate of drug-likeness (QED) is 0.283. The molecule has 148 valence electrons. The predicted molar refractivity (Wildman–Crippen MR) is 108 cm³/mol. The van der Waals surface area contributed by atoms with Crippen LogP contribution in [0.3, 0.4) is 0 Å². The Labute approximate surface area is 171 Å². The molecule has 2 aromatic carbocycles. The van der Waals surface area contributed by atoms with Gasteiger partial charge in [0.25, 0.3) is 0 Å². The maximum atomic E-state index is 12.6. The summed E-state index contributed by atoms with van der Waals surface area (Å²) in [4.78, 5) is 19.3. The number of benzene rings is 2. The van der Waals surface area contributed by atoms with Gasteiger partial charge in [-0.15, -0.1) is 0 Å². The Morgan fingerprint density at radius 3 is 2.21 bits per heavy atom. The van der Waals surface area contributed by atoms with E-state index in [1.54, 1.807) is 37.3 Å². The van der Waals surface area contributed by atoms with Crippen LogP contribution in [0.1, 0.15) is 17.3 Å². The fraction of sp³-hybridized carbons (Fsp3) is 0.316. The largest absolute Gasteiger partial charge is 0.458 e. The number of thioether (sulfide) groups is 1. The average Bonchev–Trinajstić information content (AvgIpc) is 2.74. The number of azide groups is 2. The topological polar surface area (TPSA) is 133 Å². The van der Waals surface area contributed by atoms with Crippen LogP contribution in [-0.4, -0.2) is 35.7 Å². The minimum atomic E-state index is -0.973. The van der Waals surface area contributed by atoms with Gasteiger partial charge in [-0.25, -0.2) is 4.79 Å². The number of carbonyl (C=O) groups excluding carboxylic acids is 1. The summed E-state index contributed by atoms with van der Waals surface area (Å²) < 4.78 is 11.7. The molecule has 0 radical (unpaired) electrons. The van der Waals surface area contributed by atoms with Crippen LogP contribution in [0.2, 0.25) is 0 Å². The first kappa shape index (κ1) is 20.6. The van der Waals surface area contributed by atoms with Gasteiger partial charge in [-0.05, 0) is 42.3 Å². The van der Waals surface area contributed by atoms with E-state index in [1.807, 2.05) is 30.3 Å². The molecular weight excluding hydrogens is 392 g/mol. The van der Waals surface area contributed by atoms with Crippen LogP contribution >= 0.6 is 11.8 Å². The van der Waals surface area contributed by atoms with Gasteiger partial charge in [0.15, 0.2) is 0 Å². The number of hydrogen-bond acceptors (Lipinski definition) is 6. The Morgan fingerprint density at radius 2 is 1.59 bits per heavy atom. The lowest BCUT2D eigenvalue weighted by atomic mass is 9.97. The third-order valence-electron chi connectivity index (χ3n) is 4.40. The molecule has 1 aliphatic heterocycles. The summed E-state index contributed by atoms with van der Waals surface area (Å²) in [6, 6.07) is 16.2. The van der Waals surface area contributed by atoms with Gasteiger partial charge in [0.1, 0.15) is 23.6 Å². The van der Waals surface area contributed by atoms with Crippen LogP contribution in [-0.2, 0) is 9.47 Å². The smallest absolute Gasteiger partial charge is 0.338 e. The molecule has 10 heteroatoms. The molecule has 0 amide bonds. The van der Waals surface area contributed by atoms with Crippen molar-refractivity contribution in [1.82, 2.24) is 0 Å². The summed E-state index contributed by atoms with van der Waals surface area (Å²) in [6.45, 7) is 1.73. The molecule has 1 heterocycles. The maximum absolute atomic E-state index is 12.6. The highest BCUT2D eigenvalue weighted by molar-refractivity contribution is 7.99. The van der Waals surface area contributed by atoms with E-state index < -0.39 is 35.7 Å². The highest BCUT2D eigenvalue weighted by Gasteiger charge is 2.46. The zero-order valence-corrected chi connectivity index (χ0v) is 16.3. The number of rotatable bonds is 6. The van der Waals surface area contributed by atoms with E-state index in [4.69, 9.17) is 20.5 Å². The minimum Gasteiger partial charge on any atom is -0.458 e. The van der Waals surface area contributed by atoms with Crippen molar-refractivity contribution in [3.8, 4) is 0 Å². The van der Waals surface area contributed by atoms with Gasteiger partial charge < -0.3 is 9.47 Å². The van der Waals surface area contributed by atoms with Crippen molar-refractivity contribution in [2.24, 2.45) is 10.2 Å². The van der Waals surface area contributed by atoms with E-state index in [1.165, 1.54) is 11.8 Å². The third kappa shape index (κ3) is 5.01. The normalized spacial score (nSPS) is 25.9. The van der Waals surface area contributed by atoms with Crippen LogP contribution in [0.4, 0.5) is 0 Å². The van der Waals surface area contributed by atoms with Crippen molar-refractivity contribution < 1.29 is 14.3 Å². The van der Waals surface area contributed by atoms with E-state index in [-0.39, 0.29) is 0 Å². The minimum absolute atomic E-state index is 0.346. The van der Waals surface area contributed by atoms with Crippen LogP contribution in [0.25, 0.3) is 20.9 Å². The summed E-state index contributed by atoms with van der Waals surface area (Å²) in [5.41, 5.74) is 17.8. The van der Waals surface area contributed by atoms with Gasteiger partial charge in [-0.1, -0.05) is 58.4 Å². The summed E-state index contributed by atoms with van der Waals surface area (Å²) in [7, 11) is 0. The van der Waals surface area contributed by atoms with Crippen molar-refractivity contribution in [3.05, 3.63) is 87.1 Å². The van der Waals surface area contributed by atoms with Gasteiger partial charge in [-0.2, -0.15) is 0 Å². The second-order valence-electron chi connectivity index (χ2n) is 6.27. The van der Waals surface area contributed by atoms with Gasteiger partial charge in [-0.3, -0.25) is 0 Å². The van der Waals surface area contributed by atoms with E-state index in [9.17, 15) is 4.79 Å². The number of esters is 1. The van der Waals surface area contributed by atoms with E-state index >= 15 is 0 Å². The fourth-order valence-corrected chi connectivity index (χ4v) is 4.19. The molecule has 1 aliphatic rings. The Balaban J connectivity index is 1.92. The molecule has 2 aromatic rings. The molecule has 0 unspecified atom stereocenters. The molecule has 0 aromatic heterocycles. The second-order valence-corrected chi connectivity index (χ2v) is 7.44. The van der Waals surface area contributed by atoms with Crippen LogP contribution in [0, 0.1) is 0 Å². The van der Waals surface area contributed by atoms with Gasteiger partial charge in [0.05, 0.1) is 11.7 Å². The monoisotopic (exact) mass is 410 g/mol. The molecule has 29 heavy (non-hydrogen) atoms. The lowest BCUT2D eigenvalue weighted by Gasteiger charge is -2.41. The maximum Gasteiger partial charge on any atom is 0.338 e. The molecule has 1 saturated heterocycles.